The number of pyridine rings is 1. The first-order valence-electron chi connectivity index (χ1n) is 20.7. The van der Waals surface area contributed by atoms with E-state index in [-0.39, 0.29) is 31.3 Å². The summed E-state index contributed by atoms with van der Waals surface area (Å²) in [7, 11) is -2.34. The van der Waals surface area contributed by atoms with E-state index in [0.717, 1.165) is 23.4 Å². The maximum Gasteiger partial charge on any atom is 0.408 e. The first kappa shape index (κ1) is 43.1. The van der Waals surface area contributed by atoms with Gasteiger partial charge in [0.05, 0.1) is 24.6 Å². The van der Waals surface area contributed by atoms with Crippen molar-refractivity contribution >= 4 is 61.1 Å². The number of rotatable bonds is 10. The lowest BCUT2D eigenvalue weighted by molar-refractivity contribution is -0.141. The van der Waals surface area contributed by atoms with Crippen LogP contribution in [0.2, 0.25) is 0 Å². The molecule has 4 amide bonds. The Bertz CT molecular complexity index is 2270. The van der Waals surface area contributed by atoms with Crippen molar-refractivity contribution in [3.63, 3.8) is 0 Å². The molecule has 4 aliphatic rings. The largest absolute Gasteiger partial charge is 0.497 e. The molecule has 0 spiro atoms. The number of nitrogens with one attached hydrogen (secondary N) is 4. The lowest BCUT2D eigenvalue weighted by Crippen LogP contribution is -2.58. The summed E-state index contributed by atoms with van der Waals surface area (Å²) in [6.45, 7) is 9.19. The molecule has 1 saturated heterocycles. The summed E-state index contributed by atoms with van der Waals surface area (Å²) in [5, 5.41) is 12.4. The van der Waals surface area contributed by atoms with Crippen LogP contribution >= 0.6 is 11.3 Å². The molecule has 0 bridgehead atoms. The van der Waals surface area contributed by atoms with Gasteiger partial charge in [0.15, 0.2) is 5.13 Å². The number of ether oxygens (including phenoxy) is 3. The molecule has 3 aromatic rings. The highest BCUT2D eigenvalue weighted by atomic mass is 32.2. The average molecular weight is 866 g/mol. The van der Waals surface area contributed by atoms with Gasteiger partial charge in [-0.15, -0.1) is 11.3 Å². The van der Waals surface area contributed by atoms with Crippen LogP contribution in [0.5, 0.6) is 11.6 Å². The molecule has 2 aliphatic carbocycles. The van der Waals surface area contributed by atoms with Gasteiger partial charge in [0.25, 0.3) is 5.91 Å². The van der Waals surface area contributed by atoms with Crippen molar-refractivity contribution in [3.05, 3.63) is 41.8 Å². The number of methoxy groups -OCH3 is 1. The number of allylic oxidation sites excluding steroid dienone is 1. The zero-order valence-corrected chi connectivity index (χ0v) is 36.5. The van der Waals surface area contributed by atoms with Gasteiger partial charge < -0.3 is 35.1 Å². The quantitative estimate of drug-likeness (QED) is 0.188. The van der Waals surface area contributed by atoms with Gasteiger partial charge >= 0.3 is 6.09 Å². The Hall–Kier alpha value is -4.97. The predicted octanol–water partition coefficient (Wildman–Crippen LogP) is 5.43. The molecule has 3 fully saturated rings. The normalized spacial score (nSPS) is 25.6. The first-order valence-corrected chi connectivity index (χ1v) is 23.1. The molecule has 5 atom stereocenters. The number of aromatic nitrogens is 2. The molecular weight excluding hydrogens is 811 g/mol. The van der Waals surface area contributed by atoms with E-state index in [1.54, 1.807) is 33.9 Å². The van der Waals surface area contributed by atoms with E-state index >= 15 is 0 Å². The van der Waals surface area contributed by atoms with Crippen LogP contribution in [0.4, 0.5) is 9.93 Å². The van der Waals surface area contributed by atoms with Gasteiger partial charge in [-0.1, -0.05) is 25.0 Å². The number of hydrogen-bond acceptors (Lipinski definition) is 13. The number of nitrogens with zero attached hydrogens (tertiary/aromatic N) is 3. The lowest BCUT2D eigenvalue weighted by Gasteiger charge is -2.30. The van der Waals surface area contributed by atoms with Crippen LogP contribution in [-0.2, 0) is 29.1 Å². The molecular formula is C42H55N7O9S2. The molecule has 16 nitrogen and oxygen atoms in total. The minimum Gasteiger partial charge on any atom is -0.497 e. The molecule has 0 radical (unpaired) electrons. The number of fused-ring (bicyclic) bond motifs is 3. The zero-order valence-electron chi connectivity index (χ0n) is 34.9. The summed E-state index contributed by atoms with van der Waals surface area (Å²) >= 11 is 1.45. The zero-order chi connectivity index (χ0) is 43.0. The van der Waals surface area contributed by atoms with Crippen LogP contribution in [0.15, 0.2) is 41.8 Å². The van der Waals surface area contributed by atoms with Crippen LogP contribution in [0.3, 0.4) is 0 Å². The highest BCUT2D eigenvalue weighted by Gasteiger charge is 2.62. The summed E-state index contributed by atoms with van der Waals surface area (Å²) in [5.41, 5.74) is -1.18. The Kier molecular flexibility index (Phi) is 12.4. The van der Waals surface area contributed by atoms with Gasteiger partial charge in [-0.25, -0.2) is 23.2 Å². The minimum absolute atomic E-state index is 0.0119. The fourth-order valence-electron chi connectivity index (χ4n) is 7.71. The van der Waals surface area contributed by atoms with E-state index in [2.05, 4.69) is 20.7 Å². The van der Waals surface area contributed by atoms with Gasteiger partial charge in [0.1, 0.15) is 40.8 Å². The molecule has 2 aromatic heterocycles. The summed E-state index contributed by atoms with van der Waals surface area (Å²) in [6, 6.07) is 5.38. The number of sulfonamides is 1. The van der Waals surface area contributed by atoms with Gasteiger partial charge in [0, 0.05) is 29.1 Å². The van der Waals surface area contributed by atoms with Gasteiger partial charge in [-0.05, 0) is 103 Å². The molecule has 4 N–H and O–H groups in total. The SMILES string of the molecule is COc1ccc2c(O[C@@H]3C[C@H]4C(=O)N[C@]5(C(=O)NS(=O)(=O)C6CC6)C[C@H]5/C=C\CCCCC[C@H](NC(=O)OC(C)(C)C)C(=O)N4C3)nc(-c3csc(NC(C)C)n3)cc2c1. The van der Waals surface area contributed by atoms with Gasteiger partial charge in [0.2, 0.25) is 27.7 Å². The van der Waals surface area contributed by atoms with Gasteiger partial charge in [-0.3, -0.25) is 19.1 Å². The second-order valence-corrected chi connectivity index (χ2v) is 20.2. The van der Waals surface area contributed by atoms with Crippen molar-refractivity contribution < 1.29 is 41.8 Å². The fourth-order valence-corrected chi connectivity index (χ4v) is 9.93. The fraction of sp³-hybridized carbons (Fsp3) is 0.571. The molecule has 2 aliphatic heterocycles. The summed E-state index contributed by atoms with van der Waals surface area (Å²) in [5.74, 6) is -1.51. The van der Waals surface area contributed by atoms with Crippen molar-refractivity contribution in [2.75, 3.05) is 19.0 Å². The molecule has 4 heterocycles. The van der Waals surface area contributed by atoms with Crippen LogP contribution in [-0.4, -0.2) is 101 Å². The maximum absolute atomic E-state index is 14.7. The highest BCUT2D eigenvalue weighted by Crippen LogP contribution is 2.46. The maximum atomic E-state index is 14.7. The number of alkyl carbamates (subject to hydrolysis) is 1. The third-order valence-corrected chi connectivity index (χ3v) is 13.6. The Morgan fingerprint density at radius 3 is 2.55 bits per heavy atom. The highest BCUT2D eigenvalue weighted by molar-refractivity contribution is 7.91. The number of carbonyl (C=O) groups excluding carboxylic acids is 4. The number of amides is 4. The number of hydrogen-bond donors (Lipinski definition) is 4. The lowest BCUT2D eigenvalue weighted by atomic mass is 10.0. The van der Waals surface area contributed by atoms with Crippen molar-refractivity contribution in [2.45, 2.75) is 133 Å². The predicted molar refractivity (Wildman–Crippen MR) is 227 cm³/mol. The molecule has 0 unspecified atom stereocenters. The van der Waals surface area contributed by atoms with E-state index in [1.165, 1.54) is 16.2 Å². The van der Waals surface area contributed by atoms with Crippen LogP contribution in [0, 0.1) is 5.92 Å². The Labute approximate surface area is 354 Å². The topological polar surface area (TPSA) is 207 Å². The van der Waals surface area contributed by atoms with Crippen LogP contribution in [0.1, 0.15) is 92.4 Å². The van der Waals surface area contributed by atoms with E-state index in [0.29, 0.717) is 54.6 Å². The Morgan fingerprint density at radius 2 is 1.83 bits per heavy atom. The molecule has 60 heavy (non-hydrogen) atoms. The number of carbonyl (C=O) groups is 4. The van der Waals surface area contributed by atoms with E-state index in [9.17, 15) is 27.6 Å². The van der Waals surface area contributed by atoms with E-state index < -0.39 is 74.3 Å². The van der Waals surface area contributed by atoms with E-state index in [1.807, 2.05) is 49.6 Å². The van der Waals surface area contributed by atoms with E-state index in [4.69, 9.17) is 24.2 Å². The second-order valence-electron chi connectivity index (χ2n) is 17.4. The smallest absolute Gasteiger partial charge is 0.408 e. The van der Waals surface area contributed by atoms with Crippen molar-refractivity contribution in [2.24, 2.45) is 5.92 Å². The van der Waals surface area contributed by atoms with Crippen molar-refractivity contribution in [1.29, 1.82) is 0 Å². The number of anilines is 1. The van der Waals surface area contributed by atoms with Crippen molar-refractivity contribution in [3.8, 4) is 23.0 Å². The molecule has 324 valence electrons. The Morgan fingerprint density at radius 1 is 1.05 bits per heavy atom. The summed E-state index contributed by atoms with van der Waals surface area (Å²) in [4.78, 5) is 67.3. The molecule has 1 aromatic carbocycles. The van der Waals surface area contributed by atoms with Crippen LogP contribution in [0.25, 0.3) is 22.2 Å². The van der Waals surface area contributed by atoms with Crippen LogP contribution < -0.4 is 30.1 Å². The minimum atomic E-state index is -3.92. The standard InChI is InChI=1S/C42H55N7O9S2/c1-24(2)43-39-45-33(23-59-39)32-19-25-18-27(56-6)14-17-30(25)36(44-32)57-28-20-34-35(50)47-42(38(52)48-60(54,55)29-15-16-29)21-26(42)12-10-8-7-9-11-13-31(37(51)49(34)22-28)46-40(53)58-41(3,4)5/h10,12,14,17-19,23-24,26,28-29,31,34H,7-9,11,13,15-16,20-22H2,1-6H3,(H,43,45)(H,46,53)(H,47,50)(H,48,52)/b12-10-/t26-,28-,31+,34+,42-/m1/s1. The monoisotopic (exact) mass is 865 g/mol. The third kappa shape index (κ3) is 9.96. The summed E-state index contributed by atoms with van der Waals surface area (Å²) in [6.07, 6.45) is 6.54. The molecule has 7 rings (SSSR count). The second kappa shape index (κ2) is 17.2. The summed E-state index contributed by atoms with van der Waals surface area (Å²) < 4.78 is 45.8. The van der Waals surface area contributed by atoms with Gasteiger partial charge in [-0.2, -0.15) is 0 Å². The Balaban J connectivity index is 1.23. The molecule has 2 saturated carbocycles. The number of thiazole rings is 1. The first-order chi connectivity index (χ1) is 28.4. The number of benzene rings is 1. The average Bonchev–Trinajstić information content (AvgIpc) is 4.06. The van der Waals surface area contributed by atoms with Crippen molar-refractivity contribution in [1.82, 2.24) is 30.2 Å². The molecule has 18 heteroatoms. The third-order valence-electron chi connectivity index (χ3n) is 11.0.